The predicted octanol–water partition coefficient (Wildman–Crippen LogP) is 2.90. The van der Waals surface area contributed by atoms with Crippen molar-refractivity contribution in [1.82, 2.24) is 9.88 Å². The first-order chi connectivity index (χ1) is 9.05. The Labute approximate surface area is 116 Å². The number of hydrogen-bond donors (Lipinski definition) is 0. The Morgan fingerprint density at radius 2 is 2.11 bits per heavy atom. The number of likely N-dealkylation sites (tertiary alicyclic amines) is 1. The molecular weight excluding hydrogens is 234 g/mol. The lowest BCUT2D eigenvalue weighted by Crippen LogP contribution is -2.43. The van der Waals surface area contributed by atoms with Crippen LogP contribution in [0.4, 0.5) is 0 Å². The van der Waals surface area contributed by atoms with Crippen molar-refractivity contribution in [2.24, 2.45) is 5.92 Å². The second kappa shape index (κ2) is 5.71. The van der Waals surface area contributed by atoms with Crippen molar-refractivity contribution in [2.75, 3.05) is 19.6 Å². The summed E-state index contributed by atoms with van der Waals surface area (Å²) < 4.78 is 0. The lowest BCUT2D eigenvalue weighted by atomic mass is 9.76. The number of aryl methyl sites for hydroxylation is 1. The van der Waals surface area contributed by atoms with E-state index in [-0.39, 0.29) is 5.41 Å². The summed E-state index contributed by atoms with van der Waals surface area (Å²) in [5, 5.41) is 9.65. The highest BCUT2D eigenvalue weighted by Gasteiger charge is 2.37. The fourth-order valence-corrected chi connectivity index (χ4v) is 2.86. The maximum atomic E-state index is 9.65. The van der Waals surface area contributed by atoms with Crippen LogP contribution in [0.2, 0.25) is 0 Å². The van der Waals surface area contributed by atoms with Gasteiger partial charge in [0.15, 0.2) is 0 Å². The minimum atomic E-state index is -0.375. The third-order valence-corrected chi connectivity index (χ3v) is 3.95. The molecule has 0 amide bonds. The summed E-state index contributed by atoms with van der Waals surface area (Å²) >= 11 is 0. The summed E-state index contributed by atoms with van der Waals surface area (Å²) in [7, 11) is 0. The molecule has 1 aromatic heterocycles. The van der Waals surface area contributed by atoms with Gasteiger partial charge in [-0.1, -0.05) is 13.8 Å². The normalized spacial score (nSPS) is 19.3. The highest BCUT2D eigenvalue weighted by atomic mass is 15.1. The van der Waals surface area contributed by atoms with E-state index in [1.165, 1.54) is 5.56 Å². The molecule has 1 aliphatic heterocycles. The summed E-state index contributed by atoms with van der Waals surface area (Å²) in [6.45, 7) is 9.68. The Morgan fingerprint density at radius 3 is 2.63 bits per heavy atom. The summed E-state index contributed by atoms with van der Waals surface area (Å²) in [6, 6.07) is 6.60. The van der Waals surface area contributed by atoms with Crippen molar-refractivity contribution in [3.63, 3.8) is 0 Å². The van der Waals surface area contributed by atoms with Crippen LogP contribution in [0.15, 0.2) is 18.3 Å². The van der Waals surface area contributed by atoms with E-state index in [9.17, 15) is 5.26 Å². The topological polar surface area (TPSA) is 39.9 Å². The highest BCUT2D eigenvalue weighted by molar-refractivity contribution is 5.30. The van der Waals surface area contributed by atoms with Gasteiger partial charge in [-0.2, -0.15) is 5.26 Å². The van der Waals surface area contributed by atoms with Gasteiger partial charge in [0.2, 0.25) is 0 Å². The fourth-order valence-electron chi connectivity index (χ4n) is 2.86. The molecule has 0 aliphatic carbocycles. The van der Waals surface area contributed by atoms with Gasteiger partial charge in [0.25, 0.3) is 0 Å². The van der Waals surface area contributed by atoms with Crippen LogP contribution >= 0.6 is 0 Å². The lowest BCUT2D eigenvalue weighted by molar-refractivity contribution is 0.167. The van der Waals surface area contributed by atoms with Gasteiger partial charge < -0.3 is 4.90 Å². The van der Waals surface area contributed by atoms with E-state index >= 15 is 0 Å². The molecule has 3 heteroatoms. The van der Waals surface area contributed by atoms with Gasteiger partial charge >= 0.3 is 0 Å². The second-order valence-corrected chi connectivity index (χ2v) is 6.11. The van der Waals surface area contributed by atoms with Gasteiger partial charge in [0.1, 0.15) is 5.41 Å². The minimum Gasteiger partial charge on any atom is -0.303 e. The smallest absolute Gasteiger partial charge is 0.102 e. The van der Waals surface area contributed by atoms with Crippen LogP contribution in [0.3, 0.4) is 0 Å². The molecule has 1 aromatic rings. The second-order valence-electron chi connectivity index (χ2n) is 6.11. The molecule has 1 saturated heterocycles. The Kier molecular flexibility index (Phi) is 4.21. The van der Waals surface area contributed by atoms with E-state index in [4.69, 9.17) is 0 Å². The van der Waals surface area contributed by atoms with E-state index < -0.39 is 0 Å². The summed E-state index contributed by atoms with van der Waals surface area (Å²) in [6.07, 6.45) is 3.61. The largest absolute Gasteiger partial charge is 0.303 e. The number of aromatic nitrogens is 1. The van der Waals surface area contributed by atoms with Crippen molar-refractivity contribution >= 4 is 0 Å². The van der Waals surface area contributed by atoms with Crippen molar-refractivity contribution < 1.29 is 0 Å². The molecule has 1 aliphatic rings. The molecule has 0 unspecified atom stereocenters. The van der Waals surface area contributed by atoms with Gasteiger partial charge in [0.05, 0.1) is 11.8 Å². The third-order valence-electron chi connectivity index (χ3n) is 3.95. The predicted molar refractivity (Wildman–Crippen MR) is 76.8 cm³/mol. The number of hydrogen-bond acceptors (Lipinski definition) is 3. The zero-order valence-electron chi connectivity index (χ0n) is 12.2. The summed E-state index contributed by atoms with van der Waals surface area (Å²) in [5.41, 5.74) is 1.77. The molecule has 0 N–H and O–H groups in total. The van der Waals surface area contributed by atoms with E-state index in [2.05, 4.69) is 42.8 Å². The first-order valence-electron chi connectivity index (χ1n) is 7.12. The average molecular weight is 257 g/mol. The van der Waals surface area contributed by atoms with Crippen LogP contribution in [-0.2, 0) is 5.41 Å². The number of nitrogens with zero attached hydrogens (tertiary/aromatic N) is 3. The van der Waals surface area contributed by atoms with Crippen molar-refractivity contribution in [3.05, 3.63) is 29.6 Å². The van der Waals surface area contributed by atoms with E-state index in [0.29, 0.717) is 5.92 Å². The lowest BCUT2D eigenvalue weighted by Gasteiger charge is -2.37. The Hall–Kier alpha value is -1.40. The number of rotatable bonds is 3. The molecule has 0 saturated carbocycles. The zero-order valence-corrected chi connectivity index (χ0v) is 12.2. The Bertz CT molecular complexity index is 465. The molecule has 2 heterocycles. The molecule has 0 aromatic carbocycles. The van der Waals surface area contributed by atoms with Crippen molar-refractivity contribution in [2.45, 2.75) is 39.0 Å². The first-order valence-corrected chi connectivity index (χ1v) is 7.12. The number of piperidine rings is 1. The Balaban J connectivity index is 2.13. The van der Waals surface area contributed by atoms with Gasteiger partial charge in [-0.15, -0.1) is 0 Å². The molecule has 2 rings (SSSR count). The molecule has 0 spiro atoms. The summed E-state index contributed by atoms with van der Waals surface area (Å²) in [4.78, 5) is 6.92. The van der Waals surface area contributed by atoms with Crippen LogP contribution in [0.5, 0.6) is 0 Å². The molecule has 0 bridgehead atoms. The number of nitriles is 1. The van der Waals surface area contributed by atoms with Gasteiger partial charge in [0, 0.05) is 25.8 Å². The maximum absolute atomic E-state index is 9.65. The highest BCUT2D eigenvalue weighted by Crippen LogP contribution is 2.34. The van der Waals surface area contributed by atoms with Crippen molar-refractivity contribution in [1.29, 1.82) is 5.26 Å². The third kappa shape index (κ3) is 3.13. The van der Waals surface area contributed by atoms with Crippen molar-refractivity contribution in [3.8, 4) is 6.07 Å². The van der Waals surface area contributed by atoms with E-state index in [1.807, 2.05) is 12.3 Å². The molecule has 19 heavy (non-hydrogen) atoms. The molecular formula is C16H23N3. The first kappa shape index (κ1) is 14.0. The molecule has 1 fully saturated rings. The van der Waals surface area contributed by atoms with Crippen LogP contribution in [0.25, 0.3) is 0 Å². The monoisotopic (exact) mass is 257 g/mol. The minimum absolute atomic E-state index is 0.375. The van der Waals surface area contributed by atoms with Gasteiger partial charge in [-0.25, -0.2) is 0 Å². The van der Waals surface area contributed by atoms with Crippen LogP contribution in [-0.4, -0.2) is 29.5 Å². The van der Waals surface area contributed by atoms with E-state index in [0.717, 1.165) is 38.2 Å². The average Bonchev–Trinajstić information content (AvgIpc) is 2.39. The molecule has 0 radical (unpaired) electrons. The summed E-state index contributed by atoms with van der Waals surface area (Å²) in [5.74, 6) is 0.687. The Morgan fingerprint density at radius 1 is 1.42 bits per heavy atom. The van der Waals surface area contributed by atoms with E-state index in [1.54, 1.807) is 0 Å². The van der Waals surface area contributed by atoms with Crippen LogP contribution < -0.4 is 0 Å². The quantitative estimate of drug-likeness (QED) is 0.836. The van der Waals surface area contributed by atoms with Crippen LogP contribution in [0.1, 0.15) is 37.9 Å². The fraction of sp³-hybridized carbons (Fsp3) is 0.625. The SMILES string of the molecule is Cc1ccnc(C2(C#N)CCN(CC(C)C)CC2)c1. The maximum Gasteiger partial charge on any atom is 0.102 e. The van der Waals surface area contributed by atoms with Gasteiger partial charge in [-0.05, 0) is 43.4 Å². The zero-order chi connectivity index (χ0) is 13.9. The number of pyridine rings is 1. The molecule has 102 valence electrons. The standard InChI is InChI=1S/C16H23N3/c1-13(2)11-19-8-5-16(12-17,6-9-19)15-10-14(3)4-7-18-15/h4,7,10,13H,5-6,8-9,11H2,1-3H3. The molecule has 0 atom stereocenters. The molecule has 3 nitrogen and oxygen atoms in total. The van der Waals surface area contributed by atoms with Gasteiger partial charge in [-0.3, -0.25) is 4.98 Å². The van der Waals surface area contributed by atoms with Crippen LogP contribution in [0, 0.1) is 24.2 Å².